The van der Waals surface area contributed by atoms with Crippen LogP contribution in [0.2, 0.25) is 0 Å². The molecular weight excluding hydrogens is 1870 g/mol. The molecule has 2 aliphatic heterocycles. The van der Waals surface area contributed by atoms with Crippen molar-refractivity contribution in [2.75, 3.05) is 64.2 Å². The molecular formula is C96H107BBr4Cl2IN8O5+. The number of phenols is 1. The van der Waals surface area contributed by atoms with E-state index >= 15 is 0 Å². The number of fused-ring (bicyclic) bond motifs is 5. The van der Waals surface area contributed by atoms with Crippen molar-refractivity contribution < 1.29 is 29.0 Å². The van der Waals surface area contributed by atoms with Crippen LogP contribution in [0.25, 0.3) is 72.4 Å². The van der Waals surface area contributed by atoms with E-state index in [9.17, 15) is 5.11 Å². The Labute approximate surface area is 747 Å². The summed E-state index contributed by atoms with van der Waals surface area (Å²) in [6.45, 7) is 17.4. The van der Waals surface area contributed by atoms with Gasteiger partial charge in [0, 0.05) is 119 Å². The lowest BCUT2D eigenvalue weighted by atomic mass is 9.92. The standard InChI is InChI=1S/C22H26N2O.C18H18ClNO.C16H15NO.C15H13NO.C9H7N.C7H7IO.C6H14N2.C3H6BrCl.BBr3/c1-18-17-19-7-2-3-8-22(19)24(18)20-9-11-21(12-10-20)25-16-6-15-23-13-4-5-14-23;1-14-13-15-5-2-3-6-18(15)20(14)16-7-9-17(10-8-16)21-12-4-11-19;1-12-11-13-5-3-4-6-16(13)17(12)14-7-9-15(18-2)10-8-14;1-11-10-12-4-2-3-5-15(12)16(11)13-6-8-14(17)9-7-13;1-7-6-8-4-2-3-5-9(8)10-7;1-9-7-4-2-6(8)3-5-7;7-5-3-1-2-4-6(5)8;4-2-1-3-5;2-1(3)4/h2-3,7-12,17H,4-6,13-16H2,1H3;2-3,5-10,13H,4,11-12H2,1H3;3-11H,1-2H3;2-10,17H,1H3;2-6H,1H2;2-5H,1H3;5-6H,1-4,7-8H2;1-3H2;/p+1/t;;;;;;5-,6-;;/m......1../s1. The zero-order valence-electron chi connectivity index (χ0n) is 67.6. The van der Waals surface area contributed by atoms with E-state index in [0.717, 1.165) is 108 Å². The summed E-state index contributed by atoms with van der Waals surface area (Å²) in [7, 11) is 3.35. The van der Waals surface area contributed by atoms with E-state index in [1.54, 1.807) is 26.4 Å². The maximum Gasteiger partial charge on any atom is 0.369 e. The average molecular weight is 1980 g/mol. The van der Waals surface area contributed by atoms with Crippen molar-refractivity contribution in [3.05, 3.63) is 316 Å². The van der Waals surface area contributed by atoms with Crippen molar-refractivity contribution in [1.82, 2.24) is 23.2 Å². The summed E-state index contributed by atoms with van der Waals surface area (Å²) in [5.74, 6) is 5.33. The largest absolute Gasteiger partial charge is 0.508 e. The molecule has 3 aliphatic rings. The minimum Gasteiger partial charge on any atom is -0.508 e. The normalized spacial score (nSPS) is 13.6. The number of nitrogens with zero attached hydrogens (tertiary/aromatic N) is 5. The molecule has 13 nitrogen and oxygen atoms in total. The highest BCUT2D eigenvalue weighted by molar-refractivity contribution is 14.1. The van der Waals surface area contributed by atoms with Gasteiger partial charge in [0.15, 0.2) is 5.70 Å². The highest BCUT2D eigenvalue weighted by Crippen LogP contribution is 2.30. The SMILES string of the molecule is BrB(Br)Br.C=C1C=c2ccccc2=[NH+]1.COc1ccc(-n2c(C)cc3ccccc32)cc1.COc1ccc(I)cc1.Cc1cc2ccccc2n1-c1ccc(O)cc1.Cc1cc2ccccc2n1-c1ccc(OCCCCl)cc1.Cc1cc2ccccc2n1-c1ccc(OCCCN2CCCC2)cc1.ClCCCBr.N[C@@H]1CCCC[C@H]1N. The third-order valence-corrected chi connectivity index (χ3v) is 21.4. The van der Waals surface area contributed by atoms with Crippen molar-refractivity contribution in [2.24, 2.45) is 11.5 Å². The number of para-hydroxylation sites is 5. The number of hydrogen-bond acceptors (Lipinski definition) is 8. The van der Waals surface area contributed by atoms with Crippen LogP contribution in [0.15, 0.2) is 279 Å². The van der Waals surface area contributed by atoms with Crippen LogP contribution in [0, 0.1) is 31.3 Å². The van der Waals surface area contributed by atoms with E-state index in [0.29, 0.717) is 18.2 Å². The Bertz CT molecular complexity index is 5400. The zero-order valence-corrected chi connectivity index (χ0v) is 77.6. The molecule has 10 aromatic carbocycles. The molecule has 1 aliphatic carbocycles. The molecule has 17 rings (SSSR count). The number of benzene rings is 10. The molecule has 4 aromatic heterocycles. The summed E-state index contributed by atoms with van der Waals surface area (Å²) in [5.41, 5.74) is 26.7. The molecule has 612 valence electrons. The molecule has 6 N–H and O–H groups in total. The van der Waals surface area contributed by atoms with Crippen molar-refractivity contribution in [1.29, 1.82) is 0 Å². The van der Waals surface area contributed by atoms with E-state index in [-0.39, 0.29) is 15.3 Å². The number of methoxy groups -OCH3 is 2. The topological polar surface area (TPSA) is 146 Å². The zero-order chi connectivity index (χ0) is 83.4. The first-order valence-electron chi connectivity index (χ1n) is 39.5. The van der Waals surface area contributed by atoms with E-state index in [2.05, 4.69) is 312 Å². The summed E-state index contributed by atoms with van der Waals surface area (Å²) >= 11 is 25.7. The van der Waals surface area contributed by atoms with Crippen LogP contribution < -0.4 is 46.0 Å². The van der Waals surface area contributed by atoms with Crippen molar-refractivity contribution >= 4 is 162 Å². The number of allylic oxidation sites excluding steroid dienone is 1. The van der Waals surface area contributed by atoms with E-state index in [4.69, 9.17) is 53.6 Å². The minimum atomic E-state index is 0.271. The van der Waals surface area contributed by atoms with Gasteiger partial charge < -0.3 is 58.7 Å². The Hall–Kier alpha value is -8.06. The van der Waals surface area contributed by atoms with Crippen LogP contribution in [0.3, 0.4) is 0 Å². The van der Waals surface area contributed by atoms with Crippen LogP contribution in [0.5, 0.6) is 28.7 Å². The number of halogens is 7. The number of nitrogens with one attached hydrogen (secondary N) is 1. The number of aromatic hydroxyl groups is 1. The van der Waals surface area contributed by atoms with Crippen LogP contribution in [0.1, 0.15) is 80.6 Å². The van der Waals surface area contributed by atoms with Gasteiger partial charge in [0.1, 0.15) is 28.7 Å². The fourth-order valence-corrected chi connectivity index (χ4v) is 15.1. The average Bonchev–Trinajstić information content (AvgIpc) is 1.66. The first-order chi connectivity index (χ1) is 56.8. The number of alkyl halides is 3. The summed E-state index contributed by atoms with van der Waals surface area (Å²) in [5, 5.41) is 17.8. The fraction of sp³-hybridized carbons (Fsp3) is 0.260. The number of ether oxygens (including phenoxy) is 4. The van der Waals surface area contributed by atoms with Gasteiger partial charge in [-0.25, -0.2) is 4.99 Å². The van der Waals surface area contributed by atoms with Gasteiger partial charge in [-0.1, -0.05) is 114 Å². The third kappa shape index (κ3) is 28.8. The lowest BCUT2D eigenvalue weighted by Gasteiger charge is -2.24. The number of aryl methyl sites for hydroxylation is 4. The first-order valence-corrected chi connectivity index (χ1v) is 45.5. The van der Waals surface area contributed by atoms with E-state index < -0.39 is 0 Å². The number of rotatable bonds is 17. The van der Waals surface area contributed by atoms with Crippen molar-refractivity contribution in [3.8, 4) is 51.5 Å². The number of phenolic OH excluding ortho intramolecular Hbond substituents is 1. The maximum atomic E-state index is 9.33. The lowest BCUT2D eigenvalue weighted by molar-refractivity contribution is -0.430. The van der Waals surface area contributed by atoms with Gasteiger partial charge in [-0.05, 0) is 291 Å². The molecule has 117 heavy (non-hydrogen) atoms. The third-order valence-electron chi connectivity index (χ3n) is 19.6. The predicted octanol–water partition coefficient (Wildman–Crippen LogP) is 22.7. The van der Waals surface area contributed by atoms with Crippen LogP contribution in [-0.2, 0) is 0 Å². The predicted molar refractivity (Wildman–Crippen MR) is 518 cm³/mol. The Balaban J connectivity index is 0.000000157. The van der Waals surface area contributed by atoms with Crippen LogP contribution in [-0.4, -0.2) is 108 Å². The second-order valence-electron chi connectivity index (χ2n) is 28.2. The molecule has 2 atom stereocenters. The molecule has 21 heteroatoms. The molecule has 0 unspecified atom stereocenters. The molecule has 1 saturated heterocycles. The Morgan fingerprint density at radius 2 is 0.795 bits per heavy atom. The summed E-state index contributed by atoms with van der Waals surface area (Å²) in [6.07, 6.45) is 12.6. The summed E-state index contributed by atoms with van der Waals surface area (Å²) < 4.78 is 32.2. The molecule has 1 saturated carbocycles. The molecule has 0 spiro atoms. The molecule has 14 aromatic rings. The highest BCUT2D eigenvalue weighted by atomic mass is 127. The van der Waals surface area contributed by atoms with E-state index in [1.807, 2.05) is 97.1 Å². The van der Waals surface area contributed by atoms with Gasteiger partial charge in [0.05, 0.1) is 54.7 Å². The molecule has 0 radical (unpaired) electrons. The van der Waals surface area contributed by atoms with E-state index in [1.165, 1.54) is 120 Å². The number of aromatic nitrogens is 4. The number of nitrogens with two attached hydrogens (primary N) is 2. The molecule has 0 bridgehead atoms. The lowest BCUT2D eigenvalue weighted by Crippen LogP contribution is -2.73. The number of hydrogen-bond donors (Lipinski definition) is 4. The molecule has 6 heterocycles. The van der Waals surface area contributed by atoms with Crippen molar-refractivity contribution in [2.45, 2.75) is 97.6 Å². The van der Waals surface area contributed by atoms with Crippen LogP contribution in [0.4, 0.5) is 0 Å². The van der Waals surface area contributed by atoms with Gasteiger partial charge >= 0.3 is 3.18 Å². The minimum absolute atomic E-state index is 0.271. The van der Waals surface area contributed by atoms with Gasteiger partial charge in [0.2, 0.25) is 5.36 Å². The second kappa shape index (κ2) is 49.5. The number of likely N-dealkylation sites (tertiary alicyclic amines) is 1. The van der Waals surface area contributed by atoms with Gasteiger partial charge in [-0.2, -0.15) is 0 Å². The smallest absolute Gasteiger partial charge is 0.369 e. The molecule has 2 fully saturated rings. The monoisotopic (exact) mass is 1980 g/mol. The fourth-order valence-electron chi connectivity index (χ4n) is 13.9. The Kier molecular flexibility index (Phi) is 39.3. The summed E-state index contributed by atoms with van der Waals surface area (Å²) in [4.78, 5) is 5.68. The Morgan fingerprint density at radius 3 is 1.14 bits per heavy atom. The van der Waals surface area contributed by atoms with Gasteiger partial charge in [-0.15, -0.1) is 70.5 Å². The summed E-state index contributed by atoms with van der Waals surface area (Å²) in [6, 6.07) is 91.2. The van der Waals surface area contributed by atoms with Gasteiger partial charge in [-0.3, -0.25) is 0 Å². The Morgan fingerprint density at radius 1 is 0.462 bits per heavy atom. The van der Waals surface area contributed by atoms with Gasteiger partial charge in [0.25, 0.3) is 0 Å². The quantitative estimate of drug-likeness (QED) is 0.0305. The maximum absolute atomic E-state index is 9.33. The van der Waals surface area contributed by atoms with Crippen LogP contribution >= 0.6 is 109 Å². The highest BCUT2D eigenvalue weighted by Gasteiger charge is 2.18. The second-order valence-corrected chi connectivity index (χ2v) is 37.4. The first kappa shape index (κ1) is 92.8. The van der Waals surface area contributed by atoms with Crippen molar-refractivity contribution in [3.63, 3.8) is 0 Å². The molecule has 0 amide bonds.